The van der Waals surface area contributed by atoms with Gasteiger partial charge >= 0.3 is 0 Å². The van der Waals surface area contributed by atoms with Crippen molar-refractivity contribution < 1.29 is 0 Å². The number of benzene rings is 1. The van der Waals surface area contributed by atoms with E-state index in [2.05, 4.69) is 48.1 Å². The number of nitrogens with zero attached hydrogens (tertiary/aromatic N) is 2. The molecular weight excluding hydrogens is 184 g/mol. The molecule has 0 fully saturated rings. The third-order valence-electron chi connectivity index (χ3n) is 2.42. The summed E-state index contributed by atoms with van der Waals surface area (Å²) in [5.74, 6) is 0.798. The highest BCUT2D eigenvalue weighted by atomic mass is 14.9. The molecule has 76 valence electrons. The van der Waals surface area contributed by atoms with E-state index in [9.17, 15) is 0 Å². The Bertz CT molecular complexity index is 429. The minimum absolute atomic E-state index is 0.798. The largest absolute Gasteiger partial charge is 0.236 e. The number of hydrogen-bond donors (Lipinski definition) is 0. The summed E-state index contributed by atoms with van der Waals surface area (Å²) in [7, 11) is 0. The van der Waals surface area contributed by atoms with Crippen LogP contribution in [0.2, 0.25) is 0 Å². The van der Waals surface area contributed by atoms with Crippen molar-refractivity contribution in [3.63, 3.8) is 0 Å². The minimum Gasteiger partial charge on any atom is -0.236 e. The van der Waals surface area contributed by atoms with Gasteiger partial charge in [-0.15, -0.1) is 0 Å². The van der Waals surface area contributed by atoms with Crippen molar-refractivity contribution in [1.82, 2.24) is 9.97 Å². The smallest absolute Gasteiger partial charge is 0.159 e. The normalized spacial score (nSPS) is 10.3. The molecule has 0 aliphatic carbocycles. The topological polar surface area (TPSA) is 25.8 Å². The van der Waals surface area contributed by atoms with Gasteiger partial charge in [0.25, 0.3) is 0 Å². The summed E-state index contributed by atoms with van der Waals surface area (Å²) in [5, 5.41) is 0. The fraction of sp³-hybridized carbons (Fsp3) is 0.231. The quantitative estimate of drug-likeness (QED) is 0.741. The first-order valence-electron chi connectivity index (χ1n) is 5.17. The van der Waals surface area contributed by atoms with E-state index >= 15 is 0 Å². The van der Waals surface area contributed by atoms with Crippen LogP contribution in [0.5, 0.6) is 0 Å². The predicted molar refractivity (Wildman–Crippen MR) is 61.6 cm³/mol. The van der Waals surface area contributed by atoms with Gasteiger partial charge in [-0.25, -0.2) is 9.97 Å². The van der Waals surface area contributed by atoms with Crippen molar-refractivity contribution in [2.45, 2.75) is 20.3 Å². The molecule has 2 rings (SSSR count). The lowest BCUT2D eigenvalue weighted by atomic mass is 10.1. The standard InChI is InChI=1S/C13H14N2/c1-3-11-8-14-13(15-9-11)12-6-4-10(2)5-7-12/h4-9H,3H2,1-2H3. The second-order valence-electron chi connectivity index (χ2n) is 3.63. The molecule has 1 heterocycles. The number of aromatic nitrogens is 2. The van der Waals surface area contributed by atoms with Gasteiger partial charge in [-0.1, -0.05) is 36.8 Å². The molecule has 2 aromatic rings. The van der Waals surface area contributed by atoms with Crippen LogP contribution in [0, 0.1) is 6.92 Å². The SMILES string of the molecule is CCc1cnc(-c2ccc(C)cc2)nc1. The van der Waals surface area contributed by atoms with E-state index < -0.39 is 0 Å². The van der Waals surface area contributed by atoms with Crippen LogP contribution in [0.3, 0.4) is 0 Å². The molecule has 15 heavy (non-hydrogen) atoms. The Balaban J connectivity index is 2.33. The molecule has 1 aromatic carbocycles. The van der Waals surface area contributed by atoms with Crippen molar-refractivity contribution in [2.24, 2.45) is 0 Å². The Hall–Kier alpha value is -1.70. The Morgan fingerprint density at radius 3 is 2.13 bits per heavy atom. The van der Waals surface area contributed by atoms with Crippen molar-refractivity contribution in [1.29, 1.82) is 0 Å². The third kappa shape index (κ3) is 2.21. The summed E-state index contributed by atoms with van der Waals surface area (Å²) in [4.78, 5) is 8.68. The van der Waals surface area contributed by atoms with Crippen molar-refractivity contribution in [3.05, 3.63) is 47.8 Å². The van der Waals surface area contributed by atoms with Crippen LogP contribution >= 0.6 is 0 Å². The molecule has 0 spiro atoms. The van der Waals surface area contributed by atoms with E-state index in [1.807, 2.05) is 12.4 Å². The predicted octanol–water partition coefficient (Wildman–Crippen LogP) is 3.01. The third-order valence-corrected chi connectivity index (χ3v) is 2.42. The first-order chi connectivity index (χ1) is 7.29. The van der Waals surface area contributed by atoms with E-state index in [4.69, 9.17) is 0 Å². The fourth-order valence-electron chi connectivity index (χ4n) is 1.39. The van der Waals surface area contributed by atoms with E-state index in [0.717, 1.165) is 17.8 Å². The molecule has 0 unspecified atom stereocenters. The van der Waals surface area contributed by atoms with Gasteiger partial charge in [-0.2, -0.15) is 0 Å². The summed E-state index contributed by atoms with van der Waals surface area (Å²) in [6.45, 7) is 4.18. The highest BCUT2D eigenvalue weighted by molar-refractivity contribution is 5.54. The van der Waals surface area contributed by atoms with E-state index in [-0.39, 0.29) is 0 Å². The van der Waals surface area contributed by atoms with Crippen molar-refractivity contribution in [3.8, 4) is 11.4 Å². The zero-order chi connectivity index (χ0) is 10.7. The van der Waals surface area contributed by atoms with Gasteiger partial charge in [0.05, 0.1) is 0 Å². The molecule has 0 amide bonds. The zero-order valence-electron chi connectivity index (χ0n) is 9.07. The number of hydrogen-bond acceptors (Lipinski definition) is 2. The summed E-state index contributed by atoms with van der Waals surface area (Å²) in [5.41, 5.74) is 3.50. The van der Waals surface area contributed by atoms with E-state index in [1.54, 1.807) is 0 Å². The zero-order valence-corrected chi connectivity index (χ0v) is 9.07. The molecule has 0 saturated carbocycles. The summed E-state index contributed by atoms with van der Waals surface area (Å²) < 4.78 is 0. The number of rotatable bonds is 2. The fourth-order valence-corrected chi connectivity index (χ4v) is 1.39. The molecule has 0 atom stereocenters. The maximum Gasteiger partial charge on any atom is 0.159 e. The first-order valence-corrected chi connectivity index (χ1v) is 5.17. The Kier molecular flexibility index (Phi) is 2.77. The second kappa shape index (κ2) is 4.22. The highest BCUT2D eigenvalue weighted by Crippen LogP contribution is 2.14. The Morgan fingerprint density at radius 1 is 1.00 bits per heavy atom. The molecule has 0 N–H and O–H groups in total. The maximum absolute atomic E-state index is 4.34. The van der Waals surface area contributed by atoms with Gasteiger partial charge in [0, 0.05) is 18.0 Å². The molecule has 0 bridgehead atoms. The van der Waals surface area contributed by atoms with Crippen LogP contribution in [-0.2, 0) is 6.42 Å². The average Bonchev–Trinajstić information content (AvgIpc) is 2.30. The molecule has 0 aliphatic rings. The minimum atomic E-state index is 0.798. The summed E-state index contributed by atoms with van der Waals surface area (Å²) in [6.07, 6.45) is 4.76. The maximum atomic E-state index is 4.34. The second-order valence-corrected chi connectivity index (χ2v) is 3.63. The monoisotopic (exact) mass is 198 g/mol. The van der Waals surface area contributed by atoms with E-state index in [0.29, 0.717) is 0 Å². The van der Waals surface area contributed by atoms with Gasteiger partial charge in [0.1, 0.15) is 0 Å². The lowest BCUT2D eigenvalue weighted by Crippen LogP contribution is -1.91. The van der Waals surface area contributed by atoms with E-state index in [1.165, 1.54) is 11.1 Å². The van der Waals surface area contributed by atoms with Crippen LogP contribution in [-0.4, -0.2) is 9.97 Å². The van der Waals surface area contributed by atoms with Crippen LogP contribution in [0.4, 0.5) is 0 Å². The summed E-state index contributed by atoms with van der Waals surface area (Å²) in [6, 6.07) is 8.26. The van der Waals surface area contributed by atoms with Gasteiger partial charge in [-0.05, 0) is 18.9 Å². The molecule has 0 radical (unpaired) electrons. The van der Waals surface area contributed by atoms with Gasteiger partial charge in [-0.3, -0.25) is 0 Å². The molecule has 0 saturated heterocycles. The van der Waals surface area contributed by atoms with Crippen LogP contribution in [0.1, 0.15) is 18.1 Å². The van der Waals surface area contributed by atoms with Crippen LogP contribution < -0.4 is 0 Å². The summed E-state index contributed by atoms with van der Waals surface area (Å²) >= 11 is 0. The first kappa shape index (κ1) is 9.84. The molecular formula is C13H14N2. The Morgan fingerprint density at radius 2 is 1.60 bits per heavy atom. The van der Waals surface area contributed by atoms with Crippen LogP contribution in [0.25, 0.3) is 11.4 Å². The van der Waals surface area contributed by atoms with Crippen molar-refractivity contribution in [2.75, 3.05) is 0 Å². The Labute approximate surface area is 90.0 Å². The lowest BCUT2D eigenvalue weighted by Gasteiger charge is -2.01. The highest BCUT2D eigenvalue weighted by Gasteiger charge is 1.99. The molecule has 0 aliphatic heterocycles. The molecule has 2 heteroatoms. The van der Waals surface area contributed by atoms with Gasteiger partial charge in [0.2, 0.25) is 0 Å². The number of aryl methyl sites for hydroxylation is 2. The van der Waals surface area contributed by atoms with Crippen LogP contribution in [0.15, 0.2) is 36.7 Å². The lowest BCUT2D eigenvalue weighted by molar-refractivity contribution is 1.05. The molecule has 2 nitrogen and oxygen atoms in total. The van der Waals surface area contributed by atoms with Crippen molar-refractivity contribution >= 4 is 0 Å². The van der Waals surface area contributed by atoms with Gasteiger partial charge < -0.3 is 0 Å². The van der Waals surface area contributed by atoms with Gasteiger partial charge in [0.15, 0.2) is 5.82 Å². The average molecular weight is 198 g/mol. The molecule has 1 aromatic heterocycles.